The van der Waals surface area contributed by atoms with Gasteiger partial charge in [-0.3, -0.25) is 4.98 Å². The van der Waals surface area contributed by atoms with Gasteiger partial charge in [0.25, 0.3) is 0 Å². The highest BCUT2D eigenvalue weighted by Crippen LogP contribution is 2.22. The van der Waals surface area contributed by atoms with E-state index in [1.807, 2.05) is 6.92 Å². The monoisotopic (exact) mass is 195 g/mol. The molecule has 0 aliphatic rings. The molecule has 0 amide bonds. The topological polar surface area (TPSA) is 74.2 Å². The number of nitrogens with two attached hydrogens (primary N) is 2. The van der Waals surface area contributed by atoms with Crippen molar-refractivity contribution in [3.8, 4) is 0 Å². The molecule has 4 N–H and O–H groups in total. The van der Waals surface area contributed by atoms with Gasteiger partial charge in [0.2, 0.25) is 0 Å². The first-order chi connectivity index (χ1) is 6.70. The third kappa shape index (κ3) is 2.21. The molecule has 0 aromatic carbocycles. The molecule has 0 fully saturated rings. The van der Waals surface area contributed by atoms with Crippen LogP contribution >= 0.6 is 0 Å². The highest BCUT2D eigenvalue weighted by molar-refractivity contribution is 5.46. The quantitative estimate of drug-likeness (QED) is 0.754. The summed E-state index contributed by atoms with van der Waals surface area (Å²) >= 11 is 0. The largest absolute Gasteiger partial charge is 0.398 e. The molecule has 0 saturated carbocycles. The van der Waals surface area contributed by atoms with Gasteiger partial charge in [0, 0.05) is 30.8 Å². The zero-order valence-electron chi connectivity index (χ0n) is 8.60. The van der Waals surface area contributed by atoms with E-state index >= 15 is 0 Å². The Morgan fingerprint density at radius 2 is 2.29 bits per heavy atom. The van der Waals surface area contributed by atoms with Crippen LogP contribution in [0.2, 0.25) is 0 Å². The molecule has 78 valence electrons. The second kappa shape index (κ2) is 4.93. The number of anilines is 1. The van der Waals surface area contributed by atoms with Crippen molar-refractivity contribution in [3.63, 3.8) is 0 Å². The maximum absolute atomic E-state index is 6.02. The van der Waals surface area contributed by atoms with Crippen LogP contribution < -0.4 is 11.5 Å². The summed E-state index contributed by atoms with van der Waals surface area (Å²) in [5.74, 6) is 0. The first kappa shape index (κ1) is 10.9. The summed E-state index contributed by atoms with van der Waals surface area (Å²) in [5.41, 5.74) is 13.3. The number of aromatic nitrogens is 1. The fourth-order valence-electron chi connectivity index (χ4n) is 1.46. The average Bonchev–Trinajstić information content (AvgIpc) is 2.20. The highest BCUT2D eigenvalue weighted by atomic mass is 16.5. The molecule has 2 atom stereocenters. The van der Waals surface area contributed by atoms with Crippen molar-refractivity contribution >= 4 is 5.69 Å². The zero-order chi connectivity index (χ0) is 10.6. The van der Waals surface area contributed by atoms with E-state index in [1.165, 1.54) is 0 Å². The summed E-state index contributed by atoms with van der Waals surface area (Å²) in [6, 6.07) is 1.54. The number of rotatable bonds is 4. The Morgan fingerprint density at radius 3 is 2.79 bits per heavy atom. The molecule has 0 spiro atoms. The molecule has 1 aromatic rings. The Bertz CT molecular complexity index is 286. The van der Waals surface area contributed by atoms with Crippen LogP contribution in [0.5, 0.6) is 0 Å². The molecule has 0 bridgehead atoms. The van der Waals surface area contributed by atoms with Crippen LogP contribution in [-0.2, 0) is 4.74 Å². The van der Waals surface area contributed by atoms with Gasteiger partial charge in [-0.15, -0.1) is 0 Å². The van der Waals surface area contributed by atoms with Gasteiger partial charge in [0.15, 0.2) is 0 Å². The standard InChI is InChI=1S/C10H17N3O/c1-3-9(14-2)10(12)7-6-13-5-4-8(7)11/h4-6,9-10H,3,12H2,1-2H3,(H2,11,13). The lowest BCUT2D eigenvalue weighted by atomic mass is 10.0. The Hall–Kier alpha value is -1.13. The molecule has 2 unspecified atom stereocenters. The second-order valence-corrected chi connectivity index (χ2v) is 3.21. The van der Waals surface area contributed by atoms with Gasteiger partial charge in [-0.1, -0.05) is 6.92 Å². The lowest BCUT2D eigenvalue weighted by Gasteiger charge is -2.22. The van der Waals surface area contributed by atoms with Crippen molar-refractivity contribution in [2.45, 2.75) is 25.5 Å². The Morgan fingerprint density at radius 1 is 1.57 bits per heavy atom. The lowest BCUT2D eigenvalue weighted by Crippen LogP contribution is -2.28. The summed E-state index contributed by atoms with van der Waals surface area (Å²) in [6.45, 7) is 2.03. The Kier molecular flexibility index (Phi) is 3.85. The maximum Gasteiger partial charge on any atom is 0.0762 e. The summed E-state index contributed by atoms with van der Waals surface area (Å²) in [7, 11) is 1.65. The molecule has 0 aliphatic heterocycles. The fourth-order valence-corrected chi connectivity index (χ4v) is 1.46. The number of pyridine rings is 1. The van der Waals surface area contributed by atoms with Crippen LogP contribution in [0.1, 0.15) is 24.9 Å². The van der Waals surface area contributed by atoms with Crippen LogP contribution in [0.3, 0.4) is 0 Å². The lowest BCUT2D eigenvalue weighted by molar-refractivity contribution is 0.0773. The third-order valence-electron chi connectivity index (χ3n) is 2.35. The number of hydrogen-bond donors (Lipinski definition) is 2. The molecule has 0 saturated heterocycles. The van der Waals surface area contributed by atoms with Crippen LogP contribution in [0.15, 0.2) is 18.5 Å². The van der Waals surface area contributed by atoms with Crippen molar-refractivity contribution in [1.29, 1.82) is 0 Å². The van der Waals surface area contributed by atoms with E-state index in [0.717, 1.165) is 12.0 Å². The van der Waals surface area contributed by atoms with Gasteiger partial charge >= 0.3 is 0 Å². The van der Waals surface area contributed by atoms with Gasteiger partial charge in [-0.2, -0.15) is 0 Å². The molecular formula is C10H17N3O. The molecule has 0 radical (unpaired) electrons. The third-order valence-corrected chi connectivity index (χ3v) is 2.35. The van der Waals surface area contributed by atoms with E-state index in [2.05, 4.69) is 4.98 Å². The molecule has 1 aromatic heterocycles. The van der Waals surface area contributed by atoms with E-state index in [4.69, 9.17) is 16.2 Å². The van der Waals surface area contributed by atoms with E-state index in [0.29, 0.717) is 5.69 Å². The summed E-state index contributed by atoms with van der Waals surface area (Å²) in [4.78, 5) is 4.00. The smallest absolute Gasteiger partial charge is 0.0762 e. The second-order valence-electron chi connectivity index (χ2n) is 3.21. The van der Waals surface area contributed by atoms with Gasteiger partial charge in [-0.05, 0) is 12.5 Å². The average molecular weight is 195 g/mol. The van der Waals surface area contributed by atoms with Crippen LogP contribution in [-0.4, -0.2) is 18.2 Å². The van der Waals surface area contributed by atoms with E-state index in [9.17, 15) is 0 Å². The van der Waals surface area contributed by atoms with Gasteiger partial charge in [0.05, 0.1) is 12.1 Å². The molecule has 1 rings (SSSR count). The predicted octanol–water partition coefficient (Wildman–Crippen LogP) is 1.09. The first-order valence-corrected chi connectivity index (χ1v) is 4.68. The number of hydrogen-bond acceptors (Lipinski definition) is 4. The normalized spacial score (nSPS) is 15.1. The van der Waals surface area contributed by atoms with E-state index < -0.39 is 0 Å². The molecule has 4 nitrogen and oxygen atoms in total. The molecule has 4 heteroatoms. The van der Waals surface area contributed by atoms with Gasteiger partial charge in [0.1, 0.15) is 0 Å². The minimum absolute atomic E-state index is 0.0125. The van der Waals surface area contributed by atoms with E-state index in [1.54, 1.807) is 25.6 Å². The van der Waals surface area contributed by atoms with Crippen molar-refractivity contribution < 1.29 is 4.74 Å². The Balaban J connectivity index is 2.88. The molecule has 0 aliphatic carbocycles. The summed E-state index contributed by atoms with van der Waals surface area (Å²) < 4.78 is 5.26. The van der Waals surface area contributed by atoms with Crippen molar-refractivity contribution in [3.05, 3.63) is 24.0 Å². The van der Waals surface area contributed by atoms with Crippen molar-refractivity contribution in [1.82, 2.24) is 4.98 Å². The fraction of sp³-hybridized carbons (Fsp3) is 0.500. The van der Waals surface area contributed by atoms with Crippen LogP contribution in [0.25, 0.3) is 0 Å². The van der Waals surface area contributed by atoms with Crippen molar-refractivity contribution in [2.24, 2.45) is 5.73 Å². The number of nitrogens with zero attached hydrogens (tertiary/aromatic N) is 1. The minimum atomic E-state index is -0.210. The number of nitrogen functional groups attached to an aromatic ring is 1. The van der Waals surface area contributed by atoms with E-state index in [-0.39, 0.29) is 12.1 Å². The predicted molar refractivity (Wildman–Crippen MR) is 56.7 cm³/mol. The number of ether oxygens (including phenoxy) is 1. The minimum Gasteiger partial charge on any atom is -0.398 e. The van der Waals surface area contributed by atoms with Crippen LogP contribution in [0, 0.1) is 0 Å². The highest BCUT2D eigenvalue weighted by Gasteiger charge is 2.19. The molecule has 14 heavy (non-hydrogen) atoms. The zero-order valence-corrected chi connectivity index (χ0v) is 8.60. The SMILES string of the molecule is CCC(OC)C(N)c1cnccc1N. The van der Waals surface area contributed by atoms with Crippen molar-refractivity contribution in [2.75, 3.05) is 12.8 Å². The van der Waals surface area contributed by atoms with Gasteiger partial charge < -0.3 is 16.2 Å². The first-order valence-electron chi connectivity index (χ1n) is 4.68. The summed E-state index contributed by atoms with van der Waals surface area (Å²) in [6.07, 6.45) is 4.19. The Labute approximate surface area is 84.3 Å². The summed E-state index contributed by atoms with van der Waals surface area (Å²) in [5, 5.41) is 0. The number of methoxy groups -OCH3 is 1. The molecule has 1 heterocycles. The maximum atomic E-state index is 6.02. The van der Waals surface area contributed by atoms with Crippen LogP contribution in [0.4, 0.5) is 5.69 Å². The van der Waals surface area contributed by atoms with Gasteiger partial charge in [-0.25, -0.2) is 0 Å². The molecular weight excluding hydrogens is 178 g/mol.